The van der Waals surface area contributed by atoms with Crippen molar-refractivity contribution in [2.45, 2.75) is 26.7 Å². The van der Waals surface area contributed by atoms with Gasteiger partial charge in [0.05, 0.1) is 10.2 Å². The molecule has 25 heavy (non-hydrogen) atoms. The molecule has 1 aromatic heterocycles. The maximum absolute atomic E-state index is 12.5. The van der Waals surface area contributed by atoms with Gasteiger partial charge in [-0.25, -0.2) is 4.98 Å². The van der Waals surface area contributed by atoms with Crippen molar-refractivity contribution in [1.82, 2.24) is 4.98 Å². The van der Waals surface area contributed by atoms with Crippen LogP contribution in [-0.2, 0) is 4.79 Å². The largest absolute Gasteiger partial charge is 0.326 e. The molecule has 5 nitrogen and oxygen atoms in total. The molecule has 2 aromatic carbocycles. The molecular weight excluding hydrogens is 334 g/mol. The van der Waals surface area contributed by atoms with Gasteiger partial charge in [0.2, 0.25) is 5.91 Å². The summed E-state index contributed by atoms with van der Waals surface area (Å²) in [4.78, 5) is 28.7. The lowest BCUT2D eigenvalue weighted by molar-refractivity contribution is -0.116. The number of carbonyl (C=O) groups is 2. The van der Waals surface area contributed by atoms with Crippen molar-refractivity contribution in [3.8, 4) is 0 Å². The number of fused-ring (bicyclic) bond motifs is 1. The number of nitrogens with zero attached hydrogens (tertiary/aromatic N) is 1. The van der Waals surface area contributed by atoms with Gasteiger partial charge in [-0.3, -0.25) is 14.9 Å². The highest BCUT2D eigenvalue weighted by Crippen LogP contribution is 2.28. The number of aryl methyl sites for hydroxylation is 1. The fourth-order valence-electron chi connectivity index (χ4n) is 2.50. The van der Waals surface area contributed by atoms with E-state index in [2.05, 4.69) is 15.6 Å². The fraction of sp³-hybridized carbons (Fsp3) is 0.211. The molecule has 0 aliphatic carbocycles. The van der Waals surface area contributed by atoms with Crippen LogP contribution in [0, 0.1) is 6.92 Å². The van der Waals surface area contributed by atoms with Gasteiger partial charge in [-0.1, -0.05) is 36.5 Å². The van der Waals surface area contributed by atoms with E-state index >= 15 is 0 Å². The third-order valence-electron chi connectivity index (χ3n) is 3.73. The predicted octanol–water partition coefficient (Wildman–Crippen LogP) is 4.60. The lowest BCUT2D eigenvalue weighted by Crippen LogP contribution is -2.14. The summed E-state index contributed by atoms with van der Waals surface area (Å²) in [6, 6.07) is 12.9. The van der Waals surface area contributed by atoms with E-state index in [1.807, 2.05) is 32.0 Å². The Kier molecular flexibility index (Phi) is 5.09. The molecule has 1 heterocycles. The number of hydrogen-bond donors (Lipinski definition) is 2. The summed E-state index contributed by atoms with van der Waals surface area (Å²) in [7, 11) is 0. The monoisotopic (exact) mass is 353 g/mol. The van der Waals surface area contributed by atoms with Crippen LogP contribution in [0.25, 0.3) is 10.2 Å². The Labute approximate surface area is 150 Å². The summed E-state index contributed by atoms with van der Waals surface area (Å²) in [6.07, 6.45) is 1.24. The van der Waals surface area contributed by atoms with Crippen LogP contribution in [0.5, 0.6) is 0 Å². The van der Waals surface area contributed by atoms with Gasteiger partial charge in [-0.15, -0.1) is 0 Å². The molecule has 0 aliphatic heterocycles. The van der Waals surface area contributed by atoms with E-state index < -0.39 is 0 Å². The van der Waals surface area contributed by atoms with Crippen molar-refractivity contribution in [3.63, 3.8) is 0 Å². The van der Waals surface area contributed by atoms with Crippen molar-refractivity contribution in [3.05, 3.63) is 53.6 Å². The molecule has 0 saturated carbocycles. The normalized spacial score (nSPS) is 10.6. The van der Waals surface area contributed by atoms with Crippen molar-refractivity contribution in [2.24, 2.45) is 0 Å². The van der Waals surface area contributed by atoms with Crippen molar-refractivity contribution >= 4 is 44.2 Å². The average molecular weight is 353 g/mol. The van der Waals surface area contributed by atoms with Gasteiger partial charge in [0.25, 0.3) is 5.91 Å². The van der Waals surface area contributed by atoms with E-state index in [-0.39, 0.29) is 11.8 Å². The molecule has 3 rings (SSSR count). The average Bonchev–Trinajstić information content (AvgIpc) is 2.99. The summed E-state index contributed by atoms with van der Waals surface area (Å²) in [5.41, 5.74) is 3.08. The number of thiazole rings is 1. The Morgan fingerprint density at radius 1 is 1.12 bits per heavy atom. The second-order valence-corrected chi connectivity index (χ2v) is 6.80. The van der Waals surface area contributed by atoms with E-state index in [1.54, 1.807) is 24.3 Å². The summed E-state index contributed by atoms with van der Waals surface area (Å²) in [5.74, 6) is -0.301. The molecule has 0 unspecified atom stereocenters. The molecule has 0 bridgehead atoms. The summed E-state index contributed by atoms with van der Waals surface area (Å²) in [5, 5.41) is 6.20. The van der Waals surface area contributed by atoms with Crippen molar-refractivity contribution in [2.75, 3.05) is 10.6 Å². The number of nitrogens with one attached hydrogen (secondary N) is 2. The smallest absolute Gasteiger partial charge is 0.257 e. The van der Waals surface area contributed by atoms with E-state index in [0.29, 0.717) is 22.8 Å². The first-order valence-electron chi connectivity index (χ1n) is 8.14. The van der Waals surface area contributed by atoms with E-state index in [4.69, 9.17) is 0 Å². The quantitative estimate of drug-likeness (QED) is 0.704. The lowest BCUT2D eigenvalue weighted by Gasteiger charge is -2.07. The molecule has 6 heteroatoms. The first-order chi connectivity index (χ1) is 12.1. The highest BCUT2D eigenvalue weighted by molar-refractivity contribution is 7.22. The van der Waals surface area contributed by atoms with Crippen LogP contribution in [0.2, 0.25) is 0 Å². The topological polar surface area (TPSA) is 71.1 Å². The Bertz CT molecular complexity index is 933. The Hall–Kier alpha value is -2.73. The van der Waals surface area contributed by atoms with Gasteiger partial charge in [0.1, 0.15) is 0 Å². The Morgan fingerprint density at radius 2 is 1.92 bits per heavy atom. The van der Waals surface area contributed by atoms with E-state index in [1.165, 1.54) is 11.3 Å². The maximum Gasteiger partial charge on any atom is 0.257 e. The van der Waals surface area contributed by atoms with Crippen LogP contribution in [0.4, 0.5) is 10.8 Å². The fourth-order valence-corrected chi connectivity index (χ4v) is 3.44. The third kappa shape index (κ3) is 4.03. The molecule has 0 saturated heterocycles. The molecule has 2 N–H and O–H groups in total. The number of rotatable bonds is 5. The second-order valence-electron chi connectivity index (χ2n) is 5.77. The second kappa shape index (κ2) is 7.44. The number of para-hydroxylation sites is 1. The molecule has 0 aliphatic rings. The minimum absolute atomic E-state index is 0.0540. The molecule has 2 amide bonds. The highest BCUT2D eigenvalue weighted by Gasteiger charge is 2.12. The number of benzene rings is 2. The van der Waals surface area contributed by atoms with Crippen molar-refractivity contribution in [1.29, 1.82) is 0 Å². The summed E-state index contributed by atoms with van der Waals surface area (Å²) >= 11 is 1.44. The summed E-state index contributed by atoms with van der Waals surface area (Å²) in [6.45, 7) is 3.94. The SMILES string of the molecule is CCCC(=O)Nc1cccc(C(=O)Nc2nc3c(C)cccc3s2)c1. The first kappa shape index (κ1) is 17.1. The minimum Gasteiger partial charge on any atom is -0.326 e. The van der Waals surface area contributed by atoms with Crippen LogP contribution in [0.1, 0.15) is 35.7 Å². The van der Waals surface area contributed by atoms with E-state index in [9.17, 15) is 9.59 Å². The van der Waals surface area contributed by atoms with Gasteiger partial charge in [-0.05, 0) is 43.2 Å². The predicted molar refractivity (Wildman–Crippen MR) is 102 cm³/mol. The lowest BCUT2D eigenvalue weighted by atomic mass is 10.2. The third-order valence-corrected chi connectivity index (χ3v) is 4.66. The van der Waals surface area contributed by atoms with Crippen LogP contribution >= 0.6 is 11.3 Å². The van der Waals surface area contributed by atoms with Gasteiger partial charge < -0.3 is 5.32 Å². The molecule has 0 spiro atoms. The zero-order valence-corrected chi connectivity index (χ0v) is 14.9. The van der Waals surface area contributed by atoms with E-state index in [0.717, 1.165) is 22.2 Å². The molecule has 128 valence electrons. The van der Waals surface area contributed by atoms with Gasteiger partial charge in [-0.2, -0.15) is 0 Å². The van der Waals surface area contributed by atoms with Gasteiger partial charge in [0.15, 0.2) is 5.13 Å². The van der Waals surface area contributed by atoms with Crippen LogP contribution < -0.4 is 10.6 Å². The number of hydrogen-bond acceptors (Lipinski definition) is 4. The Balaban J connectivity index is 1.76. The zero-order chi connectivity index (χ0) is 17.8. The van der Waals surface area contributed by atoms with Crippen LogP contribution in [0.3, 0.4) is 0 Å². The van der Waals surface area contributed by atoms with Crippen molar-refractivity contribution < 1.29 is 9.59 Å². The zero-order valence-electron chi connectivity index (χ0n) is 14.1. The van der Waals surface area contributed by atoms with Crippen LogP contribution in [0.15, 0.2) is 42.5 Å². The van der Waals surface area contributed by atoms with Crippen LogP contribution in [-0.4, -0.2) is 16.8 Å². The van der Waals surface area contributed by atoms with Gasteiger partial charge in [0, 0.05) is 17.7 Å². The maximum atomic E-state index is 12.5. The molecule has 0 fully saturated rings. The molecule has 0 atom stereocenters. The van der Waals surface area contributed by atoms with Gasteiger partial charge >= 0.3 is 0 Å². The highest BCUT2D eigenvalue weighted by atomic mass is 32.1. The molecular formula is C19H19N3O2S. The summed E-state index contributed by atoms with van der Waals surface area (Å²) < 4.78 is 1.04. The minimum atomic E-state index is -0.247. The molecule has 3 aromatic rings. The first-order valence-corrected chi connectivity index (χ1v) is 8.96. The molecule has 0 radical (unpaired) electrons. The Morgan fingerprint density at radius 3 is 2.68 bits per heavy atom. The number of anilines is 2. The standard InChI is InChI=1S/C19H19N3O2S/c1-3-6-16(23)20-14-9-5-8-13(11-14)18(24)22-19-21-17-12(2)7-4-10-15(17)25-19/h4-5,7-11H,3,6H2,1-2H3,(H,20,23)(H,21,22,24). The number of amides is 2. The number of aromatic nitrogens is 1. The number of carbonyl (C=O) groups excluding carboxylic acids is 2.